The van der Waals surface area contributed by atoms with E-state index in [1.807, 2.05) is 0 Å². The number of halogens is 1. The second-order valence-electron chi connectivity index (χ2n) is 6.10. The molecular formula is C16H19ClN4OS. The van der Waals surface area contributed by atoms with Crippen molar-refractivity contribution >= 4 is 23.3 Å². The summed E-state index contributed by atoms with van der Waals surface area (Å²) in [6, 6.07) is 6.67. The van der Waals surface area contributed by atoms with Crippen LogP contribution in [0.5, 0.6) is 0 Å². The van der Waals surface area contributed by atoms with Crippen LogP contribution in [0, 0.1) is 0 Å². The minimum Gasteiger partial charge on any atom is -1.00 e. The number of anilines is 2. The van der Waals surface area contributed by atoms with Gasteiger partial charge in [0, 0.05) is 22.9 Å². The maximum absolute atomic E-state index is 5.49. The number of hydrogen-bond donors (Lipinski definition) is 1. The van der Waals surface area contributed by atoms with Crippen molar-refractivity contribution in [2.24, 2.45) is 0 Å². The number of likely N-dealkylation sites (N-methyl/N-ethyl adjacent to an activating group) is 1. The summed E-state index contributed by atoms with van der Waals surface area (Å²) in [5.74, 6) is 0.851. The highest BCUT2D eigenvalue weighted by Crippen LogP contribution is 2.42. The van der Waals surface area contributed by atoms with Gasteiger partial charge < -0.3 is 26.9 Å². The fourth-order valence-corrected chi connectivity index (χ4v) is 3.84. The summed E-state index contributed by atoms with van der Waals surface area (Å²) >= 11 is 1.68. The van der Waals surface area contributed by atoms with Crippen molar-refractivity contribution in [1.29, 1.82) is 0 Å². The van der Waals surface area contributed by atoms with Gasteiger partial charge in [-0.1, -0.05) is 17.8 Å². The van der Waals surface area contributed by atoms with E-state index in [0.29, 0.717) is 0 Å². The summed E-state index contributed by atoms with van der Waals surface area (Å²) in [6.07, 6.45) is 3.46. The largest absolute Gasteiger partial charge is 1.00 e. The lowest BCUT2D eigenvalue weighted by Crippen LogP contribution is -3.00. The molecule has 3 heterocycles. The highest BCUT2D eigenvalue weighted by atomic mass is 35.5. The van der Waals surface area contributed by atoms with Gasteiger partial charge in [0.2, 0.25) is 0 Å². The van der Waals surface area contributed by atoms with Gasteiger partial charge in [0.05, 0.1) is 25.9 Å². The summed E-state index contributed by atoms with van der Waals surface area (Å²) in [6.45, 7) is 4.91. The maximum atomic E-state index is 5.49. The zero-order chi connectivity index (χ0) is 15.0. The molecule has 0 unspecified atom stereocenters. The minimum atomic E-state index is 0. The standard InChI is InChI=1S/C16H19N4OS.ClH/c1-20(6-8-21-9-7-20)11-12-2-3-14-13(10-12)19-15-16(22-14)18-5-4-17-15;/h2-5,10H,6-9,11H2,1H3,(H,17,19);1H/q+1;/p-1. The number of benzene rings is 1. The van der Waals surface area contributed by atoms with Gasteiger partial charge in [-0.15, -0.1) is 0 Å². The number of fused-ring (bicyclic) bond motifs is 2. The Kier molecular flexibility index (Phi) is 4.77. The van der Waals surface area contributed by atoms with Gasteiger partial charge in [0.25, 0.3) is 0 Å². The van der Waals surface area contributed by atoms with Gasteiger partial charge in [0.15, 0.2) is 5.82 Å². The Balaban J connectivity index is 0.00000156. The molecule has 1 saturated heterocycles. The molecule has 2 aromatic rings. The minimum absolute atomic E-state index is 0. The number of morpholine rings is 1. The van der Waals surface area contributed by atoms with Crippen molar-refractivity contribution in [3.8, 4) is 0 Å². The summed E-state index contributed by atoms with van der Waals surface area (Å²) in [7, 11) is 2.31. The van der Waals surface area contributed by atoms with E-state index in [0.717, 1.165) is 53.9 Å². The monoisotopic (exact) mass is 350 g/mol. The Bertz CT molecular complexity index is 706. The fraction of sp³-hybridized carbons (Fsp3) is 0.375. The first-order valence-corrected chi connectivity index (χ1v) is 8.34. The Morgan fingerprint density at radius 3 is 2.83 bits per heavy atom. The van der Waals surface area contributed by atoms with Crippen LogP contribution in [0.3, 0.4) is 0 Å². The van der Waals surface area contributed by atoms with Gasteiger partial charge in [-0.2, -0.15) is 0 Å². The Morgan fingerprint density at radius 1 is 1.22 bits per heavy atom. The van der Waals surface area contributed by atoms with Crippen LogP contribution >= 0.6 is 11.8 Å². The van der Waals surface area contributed by atoms with E-state index in [1.165, 1.54) is 10.5 Å². The number of rotatable bonds is 2. The van der Waals surface area contributed by atoms with E-state index < -0.39 is 0 Å². The summed E-state index contributed by atoms with van der Waals surface area (Å²) in [5.41, 5.74) is 2.49. The van der Waals surface area contributed by atoms with Crippen molar-refractivity contribution in [3.63, 3.8) is 0 Å². The summed E-state index contributed by atoms with van der Waals surface area (Å²) in [4.78, 5) is 9.94. The zero-order valence-electron chi connectivity index (χ0n) is 13.0. The third-order valence-corrected chi connectivity index (χ3v) is 5.35. The molecule has 4 rings (SSSR count). The second kappa shape index (κ2) is 6.65. The molecule has 0 saturated carbocycles. The lowest BCUT2D eigenvalue weighted by molar-refractivity contribution is -0.929. The summed E-state index contributed by atoms with van der Waals surface area (Å²) in [5, 5.41) is 4.34. The SMILES string of the molecule is C[N+]1(Cc2ccc3c(c2)Nc2nccnc2S3)CCOCC1.[Cl-]. The number of nitrogens with zero attached hydrogens (tertiary/aromatic N) is 3. The van der Waals surface area contributed by atoms with Crippen molar-refractivity contribution in [3.05, 3.63) is 36.2 Å². The first-order valence-electron chi connectivity index (χ1n) is 7.52. The molecule has 7 heteroatoms. The second-order valence-corrected chi connectivity index (χ2v) is 7.14. The third kappa shape index (κ3) is 3.45. The van der Waals surface area contributed by atoms with Crippen LogP contribution < -0.4 is 17.7 Å². The first-order chi connectivity index (χ1) is 10.7. The van der Waals surface area contributed by atoms with Crippen molar-refractivity contribution < 1.29 is 21.6 Å². The van der Waals surface area contributed by atoms with Gasteiger partial charge in [0.1, 0.15) is 24.7 Å². The average Bonchev–Trinajstić information content (AvgIpc) is 2.53. The molecule has 1 aromatic heterocycles. The van der Waals surface area contributed by atoms with E-state index >= 15 is 0 Å². The average molecular weight is 351 g/mol. The van der Waals surface area contributed by atoms with Crippen LogP contribution in [0.25, 0.3) is 0 Å². The van der Waals surface area contributed by atoms with Crippen molar-refractivity contribution in [2.45, 2.75) is 16.5 Å². The van der Waals surface area contributed by atoms with Crippen LogP contribution in [0.1, 0.15) is 5.56 Å². The molecule has 1 fully saturated rings. The van der Waals surface area contributed by atoms with Gasteiger partial charge >= 0.3 is 0 Å². The van der Waals surface area contributed by atoms with Gasteiger partial charge in [-0.25, -0.2) is 9.97 Å². The van der Waals surface area contributed by atoms with Crippen LogP contribution in [0.4, 0.5) is 11.5 Å². The third-order valence-electron chi connectivity index (χ3n) is 4.28. The van der Waals surface area contributed by atoms with E-state index in [9.17, 15) is 0 Å². The molecule has 0 atom stereocenters. The van der Waals surface area contributed by atoms with E-state index in [1.54, 1.807) is 24.2 Å². The van der Waals surface area contributed by atoms with Gasteiger partial charge in [-0.05, 0) is 12.1 Å². The topological polar surface area (TPSA) is 47.0 Å². The van der Waals surface area contributed by atoms with E-state index in [-0.39, 0.29) is 12.4 Å². The molecule has 23 heavy (non-hydrogen) atoms. The number of quaternary nitrogens is 1. The van der Waals surface area contributed by atoms with Crippen molar-refractivity contribution in [1.82, 2.24) is 9.97 Å². The molecule has 0 aliphatic carbocycles. The van der Waals surface area contributed by atoms with E-state index in [4.69, 9.17) is 4.74 Å². The van der Waals surface area contributed by atoms with E-state index in [2.05, 4.69) is 40.5 Å². The molecule has 0 amide bonds. The lowest BCUT2D eigenvalue weighted by Gasteiger charge is -2.37. The Hall–Kier alpha value is -1.34. The van der Waals surface area contributed by atoms with Crippen LogP contribution in [-0.2, 0) is 11.3 Å². The molecule has 1 aromatic carbocycles. The van der Waals surface area contributed by atoms with Crippen molar-refractivity contribution in [2.75, 3.05) is 38.7 Å². The predicted octanol–water partition coefficient (Wildman–Crippen LogP) is -0.334. The van der Waals surface area contributed by atoms with Crippen LogP contribution in [-0.4, -0.2) is 47.8 Å². The number of nitrogens with one attached hydrogen (secondary N) is 1. The van der Waals surface area contributed by atoms with Gasteiger partial charge in [-0.3, -0.25) is 0 Å². The number of ether oxygens (including phenoxy) is 1. The first kappa shape index (κ1) is 16.5. The molecule has 1 N–H and O–H groups in total. The smallest absolute Gasteiger partial charge is 0.163 e. The zero-order valence-corrected chi connectivity index (χ0v) is 14.5. The Morgan fingerprint density at radius 2 is 2.00 bits per heavy atom. The number of aromatic nitrogens is 2. The van der Waals surface area contributed by atoms with Crippen LogP contribution in [0.15, 0.2) is 40.5 Å². The molecule has 0 spiro atoms. The maximum Gasteiger partial charge on any atom is 0.163 e. The molecule has 5 nitrogen and oxygen atoms in total. The van der Waals surface area contributed by atoms with Crippen LogP contribution in [0.2, 0.25) is 0 Å². The highest BCUT2D eigenvalue weighted by Gasteiger charge is 2.26. The Labute approximate surface area is 146 Å². The number of hydrogen-bond acceptors (Lipinski definition) is 5. The highest BCUT2D eigenvalue weighted by molar-refractivity contribution is 7.99. The molecule has 2 aliphatic rings. The fourth-order valence-electron chi connectivity index (χ4n) is 2.96. The molecule has 2 aliphatic heterocycles. The molecule has 0 radical (unpaired) electrons. The molecule has 122 valence electrons. The lowest BCUT2D eigenvalue weighted by atomic mass is 10.1. The summed E-state index contributed by atoms with van der Waals surface area (Å²) < 4.78 is 6.53. The normalized spacial score (nSPS) is 18.1. The predicted molar refractivity (Wildman–Crippen MR) is 86.3 cm³/mol. The molecular weight excluding hydrogens is 332 g/mol. The quantitative estimate of drug-likeness (QED) is 0.641. The molecule has 0 bridgehead atoms.